The van der Waals surface area contributed by atoms with Crippen LogP contribution in [-0.2, 0) is 11.2 Å². The number of Topliss-reactive ketones (excluding diaryl/α,β-unsaturated/α-hetero) is 1. The molecule has 0 saturated carbocycles. The highest BCUT2D eigenvalue weighted by molar-refractivity contribution is 5.99. The van der Waals surface area contributed by atoms with Crippen LogP contribution in [0.1, 0.15) is 68.3 Å². The summed E-state index contributed by atoms with van der Waals surface area (Å²) >= 11 is 0. The maximum absolute atomic E-state index is 12.7. The quantitative estimate of drug-likeness (QED) is 0.790. The van der Waals surface area contributed by atoms with E-state index in [9.17, 15) is 9.59 Å². The Morgan fingerprint density at radius 3 is 2.57 bits per heavy atom. The van der Waals surface area contributed by atoms with Gasteiger partial charge in [-0.25, -0.2) is 0 Å². The van der Waals surface area contributed by atoms with Gasteiger partial charge in [0.1, 0.15) is 0 Å². The van der Waals surface area contributed by atoms with E-state index >= 15 is 0 Å². The van der Waals surface area contributed by atoms with E-state index in [0.29, 0.717) is 6.42 Å². The summed E-state index contributed by atoms with van der Waals surface area (Å²) in [4.78, 5) is 24.2. The molecule has 0 saturated heterocycles. The molecule has 1 amide bonds. The average Bonchev–Trinajstić information content (AvgIpc) is 2.66. The SMILES string of the molecule is CCCC(CCC)C(=O)c1ccc2c(c1)CCCC(=O)N2. The molecule has 0 radical (unpaired) electrons. The number of carbonyl (C=O) groups is 2. The molecule has 0 unspecified atom stereocenters. The van der Waals surface area contributed by atoms with Crippen molar-refractivity contribution >= 4 is 17.4 Å². The first kappa shape index (κ1) is 15.7. The number of fused-ring (bicyclic) bond motifs is 1. The minimum Gasteiger partial charge on any atom is -0.326 e. The van der Waals surface area contributed by atoms with Crippen molar-refractivity contribution in [2.24, 2.45) is 5.92 Å². The van der Waals surface area contributed by atoms with E-state index in [1.807, 2.05) is 18.2 Å². The topological polar surface area (TPSA) is 46.2 Å². The number of ketones is 1. The van der Waals surface area contributed by atoms with Crippen molar-refractivity contribution in [2.75, 3.05) is 5.32 Å². The number of benzene rings is 1. The zero-order valence-corrected chi connectivity index (χ0v) is 13.1. The summed E-state index contributed by atoms with van der Waals surface area (Å²) in [6.07, 6.45) is 6.27. The molecule has 1 aliphatic rings. The fourth-order valence-corrected chi connectivity index (χ4v) is 3.07. The lowest BCUT2D eigenvalue weighted by atomic mass is 9.89. The number of hydrogen-bond donors (Lipinski definition) is 1. The summed E-state index contributed by atoms with van der Waals surface area (Å²) in [6.45, 7) is 4.25. The Bertz CT molecular complexity index is 516. The minimum atomic E-state index is 0.0719. The van der Waals surface area contributed by atoms with Crippen LogP contribution in [0.4, 0.5) is 5.69 Å². The Morgan fingerprint density at radius 1 is 1.19 bits per heavy atom. The monoisotopic (exact) mass is 287 g/mol. The molecule has 0 spiro atoms. The van der Waals surface area contributed by atoms with Crippen LogP contribution in [0.2, 0.25) is 0 Å². The Kier molecular flexibility index (Phi) is 5.54. The molecule has 3 nitrogen and oxygen atoms in total. The fourth-order valence-electron chi connectivity index (χ4n) is 3.07. The van der Waals surface area contributed by atoms with Gasteiger partial charge in [0.25, 0.3) is 0 Å². The van der Waals surface area contributed by atoms with Gasteiger partial charge in [0, 0.05) is 23.6 Å². The molecule has 0 fully saturated rings. The van der Waals surface area contributed by atoms with Gasteiger partial charge in [-0.1, -0.05) is 26.7 Å². The normalized spacial score (nSPS) is 14.5. The van der Waals surface area contributed by atoms with Crippen LogP contribution >= 0.6 is 0 Å². The Labute approximate surface area is 127 Å². The fraction of sp³-hybridized carbons (Fsp3) is 0.556. The summed E-state index contributed by atoms with van der Waals surface area (Å²) in [5, 5.41) is 2.92. The minimum absolute atomic E-state index is 0.0719. The molecule has 114 valence electrons. The molecular formula is C18H25NO2. The third-order valence-electron chi connectivity index (χ3n) is 4.16. The predicted molar refractivity (Wildman–Crippen MR) is 85.6 cm³/mol. The number of hydrogen-bond acceptors (Lipinski definition) is 2. The first-order valence-electron chi connectivity index (χ1n) is 8.12. The third-order valence-corrected chi connectivity index (χ3v) is 4.16. The van der Waals surface area contributed by atoms with E-state index in [2.05, 4.69) is 19.2 Å². The highest BCUT2D eigenvalue weighted by Crippen LogP contribution is 2.26. The van der Waals surface area contributed by atoms with E-state index in [0.717, 1.165) is 55.3 Å². The number of anilines is 1. The van der Waals surface area contributed by atoms with Gasteiger partial charge in [-0.3, -0.25) is 9.59 Å². The standard InChI is InChI=1S/C18H25NO2/c1-3-6-13(7-4-2)18(21)15-10-11-16-14(12-15)8-5-9-17(20)19-16/h10-13H,3-9H2,1-2H3,(H,19,20). The summed E-state index contributed by atoms with van der Waals surface area (Å²) in [7, 11) is 0. The first-order valence-corrected chi connectivity index (χ1v) is 8.12. The highest BCUT2D eigenvalue weighted by atomic mass is 16.1. The molecule has 0 aliphatic carbocycles. The average molecular weight is 287 g/mol. The molecule has 0 aromatic heterocycles. The van der Waals surface area contributed by atoms with Crippen molar-refractivity contribution in [1.82, 2.24) is 0 Å². The predicted octanol–water partition coefficient (Wildman–Crippen LogP) is 4.36. The van der Waals surface area contributed by atoms with Gasteiger partial charge in [-0.05, 0) is 49.4 Å². The van der Waals surface area contributed by atoms with Gasteiger partial charge in [0.15, 0.2) is 5.78 Å². The van der Waals surface area contributed by atoms with Gasteiger partial charge >= 0.3 is 0 Å². The second-order valence-electron chi connectivity index (χ2n) is 5.91. The molecule has 1 N–H and O–H groups in total. The molecule has 21 heavy (non-hydrogen) atoms. The second-order valence-corrected chi connectivity index (χ2v) is 5.91. The molecule has 1 aromatic rings. The van der Waals surface area contributed by atoms with E-state index in [1.165, 1.54) is 0 Å². The summed E-state index contributed by atoms with van der Waals surface area (Å²) in [6, 6.07) is 5.74. The molecule has 0 bridgehead atoms. The van der Waals surface area contributed by atoms with Crippen LogP contribution in [0.25, 0.3) is 0 Å². The number of nitrogens with one attached hydrogen (secondary N) is 1. The lowest BCUT2D eigenvalue weighted by Crippen LogP contribution is -2.15. The van der Waals surface area contributed by atoms with Crippen molar-refractivity contribution in [3.63, 3.8) is 0 Å². The lowest BCUT2D eigenvalue weighted by Gasteiger charge is -2.15. The largest absolute Gasteiger partial charge is 0.326 e. The van der Waals surface area contributed by atoms with Crippen LogP contribution in [0.5, 0.6) is 0 Å². The number of amides is 1. The first-order chi connectivity index (χ1) is 10.2. The summed E-state index contributed by atoms with van der Waals surface area (Å²) in [5.74, 6) is 0.471. The zero-order valence-electron chi connectivity index (χ0n) is 13.1. The van der Waals surface area contributed by atoms with Crippen molar-refractivity contribution in [3.8, 4) is 0 Å². The van der Waals surface area contributed by atoms with Gasteiger partial charge in [-0.2, -0.15) is 0 Å². The Morgan fingerprint density at radius 2 is 1.90 bits per heavy atom. The van der Waals surface area contributed by atoms with Crippen molar-refractivity contribution < 1.29 is 9.59 Å². The highest BCUT2D eigenvalue weighted by Gasteiger charge is 2.20. The molecular weight excluding hydrogens is 262 g/mol. The van der Waals surface area contributed by atoms with Gasteiger partial charge < -0.3 is 5.32 Å². The van der Waals surface area contributed by atoms with E-state index in [4.69, 9.17) is 0 Å². The van der Waals surface area contributed by atoms with Crippen LogP contribution in [0.15, 0.2) is 18.2 Å². The van der Waals surface area contributed by atoms with Crippen LogP contribution in [-0.4, -0.2) is 11.7 Å². The van der Waals surface area contributed by atoms with Crippen LogP contribution in [0.3, 0.4) is 0 Å². The maximum atomic E-state index is 12.7. The number of carbonyl (C=O) groups excluding carboxylic acids is 2. The third kappa shape index (κ3) is 3.93. The van der Waals surface area contributed by atoms with Crippen LogP contribution in [0, 0.1) is 5.92 Å². The molecule has 1 heterocycles. The molecule has 0 atom stereocenters. The zero-order chi connectivity index (χ0) is 15.2. The van der Waals surface area contributed by atoms with Gasteiger partial charge in [-0.15, -0.1) is 0 Å². The molecule has 3 heteroatoms. The Balaban J connectivity index is 2.22. The van der Waals surface area contributed by atoms with Crippen molar-refractivity contribution in [3.05, 3.63) is 29.3 Å². The number of rotatable bonds is 6. The summed E-state index contributed by atoms with van der Waals surface area (Å²) < 4.78 is 0. The van der Waals surface area contributed by atoms with E-state index in [1.54, 1.807) is 0 Å². The molecule has 2 rings (SSSR count). The summed E-state index contributed by atoms with van der Waals surface area (Å²) in [5.41, 5.74) is 2.77. The molecule has 1 aromatic carbocycles. The number of aryl methyl sites for hydroxylation is 1. The van der Waals surface area contributed by atoms with E-state index < -0.39 is 0 Å². The van der Waals surface area contributed by atoms with Crippen molar-refractivity contribution in [1.29, 1.82) is 0 Å². The van der Waals surface area contributed by atoms with Gasteiger partial charge in [0.2, 0.25) is 5.91 Å². The smallest absolute Gasteiger partial charge is 0.224 e. The van der Waals surface area contributed by atoms with Crippen molar-refractivity contribution in [2.45, 2.75) is 58.8 Å². The Hall–Kier alpha value is -1.64. The molecule has 1 aliphatic heterocycles. The van der Waals surface area contributed by atoms with Gasteiger partial charge in [0.05, 0.1) is 0 Å². The van der Waals surface area contributed by atoms with Crippen LogP contribution < -0.4 is 5.32 Å². The second kappa shape index (κ2) is 7.39. The maximum Gasteiger partial charge on any atom is 0.224 e. The van der Waals surface area contributed by atoms with E-state index in [-0.39, 0.29) is 17.6 Å². The lowest BCUT2D eigenvalue weighted by molar-refractivity contribution is -0.116.